The Labute approximate surface area is 145 Å². The van der Waals surface area contributed by atoms with Gasteiger partial charge in [0.05, 0.1) is 20.1 Å². The molecule has 7 nitrogen and oxygen atoms in total. The maximum absolute atomic E-state index is 12.5. The number of aromatic nitrogens is 1. The van der Waals surface area contributed by atoms with E-state index in [2.05, 4.69) is 10.3 Å². The highest BCUT2D eigenvalue weighted by molar-refractivity contribution is 6.03. The second kappa shape index (κ2) is 7.21. The van der Waals surface area contributed by atoms with Gasteiger partial charge < -0.3 is 19.7 Å². The molecule has 2 aromatic rings. The molecule has 1 aliphatic rings. The van der Waals surface area contributed by atoms with Crippen LogP contribution in [0.25, 0.3) is 0 Å². The highest BCUT2D eigenvalue weighted by Crippen LogP contribution is 2.28. The minimum absolute atomic E-state index is 0.0801. The third-order valence-electron chi connectivity index (χ3n) is 4.10. The average molecular weight is 341 g/mol. The zero-order valence-electron chi connectivity index (χ0n) is 14.1. The molecule has 3 rings (SSSR count). The predicted octanol–water partition coefficient (Wildman–Crippen LogP) is 2.09. The van der Waals surface area contributed by atoms with Crippen molar-refractivity contribution in [3.8, 4) is 11.6 Å². The fourth-order valence-corrected chi connectivity index (χ4v) is 2.78. The minimum atomic E-state index is -0.431. The van der Waals surface area contributed by atoms with Gasteiger partial charge in [0, 0.05) is 24.8 Å². The molecule has 0 saturated carbocycles. The highest BCUT2D eigenvalue weighted by Gasteiger charge is 2.35. The van der Waals surface area contributed by atoms with Crippen LogP contribution in [0.4, 0.5) is 11.4 Å². The number of amides is 2. The Hall–Kier alpha value is -3.09. The summed E-state index contributed by atoms with van der Waals surface area (Å²) in [6.07, 6.45) is 1.75. The summed E-state index contributed by atoms with van der Waals surface area (Å²) in [5, 5.41) is 2.79. The first kappa shape index (κ1) is 16.8. The number of anilines is 2. The number of pyridine rings is 1. The molecule has 1 aromatic heterocycles. The zero-order valence-corrected chi connectivity index (χ0v) is 14.1. The van der Waals surface area contributed by atoms with Gasteiger partial charge >= 0.3 is 0 Å². The van der Waals surface area contributed by atoms with Crippen molar-refractivity contribution in [2.24, 2.45) is 5.92 Å². The topological polar surface area (TPSA) is 80.8 Å². The monoisotopic (exact) mass is 341 g/mol. The molecular weight excluding hydrogens is 322 g/mol. The molecule has 1 aromatic carbocycles. The molecule has 25 heavy (non-hydrogen) atoms. The summed E-state index contributed by atoms with van der Waals surface area (Å²) in [6.45, 7) is 0.333. The van der Waals surface area contributed by atoms with Crippen molar-refractivity contribution >= 4 is 23.2 Å². The van der Waals surface area contributed by atoms with Crippen LogP contribution in [0.2, 0.25) is 0 Å². The summed E-state index contributed by atoms with van der Waals surface area (Å²) < 4.78 is 10.2. The Morgan fingerprint density at radius 1 is 1.20 bits per heavy atom. The minimum Gasteiger partial charge on any atom is -0.497 e. The van der Waals surface area contributed by atoms with Crippen LogP contribution >= 0.6 is 0 Å². The number of rotatable bonds is 5. The first-order valence-corrected chi connectivity index (χ1v) is 7.86. The molecule has 1 atom stereocenters. The Morgan fingerprint density at radius 2 is 1.96 bits per heavy atom. The first-order valence-electron chi connectivity index (χ1n) is 7.86. The van der Waals surface area contributed by atoms with Gasteiger partial charge in [-0.05, 0) is 36.4 Å². The Kier molecular flexibility index (Phi) is 4.83. The number of hydrogen-bond acceptors (Lipinski definition) is 5. The fourth-order valence-electron chi connectivity index (χ4n) is 2.78. The number of ether oxygens (including phenoxy) is 2. The second-order valence-electron chi connectivity index (χ2n) is 5.65. The van der Waals surface area contributed by atoms with Crippen LogP contribution in [0.3, 0.4) is 0 Å². The van der Waals surface area contributed by atoms with E-state index in [-0.39, 0.29) is 18.2 Å². The fraction of sp³-hybridized carbons (Fsp3) is 0.278. The summed E-state index contributed by atoms with van der Waals surface area (Å²) in [4.78, 5) is 30.5. The Morgan fingerprint density at radius 3 is 2.64 bits per heavy atom. The van der Waals surface area contributed by atoms with E-state index in [9.17, 15) is 9.59 Å². The SMILES string of the molecule is COc1ccc(N2CC(C(=O)Nc3cccnc3OC)CC2=O)cc1. The van der Waals surface area contributed by atoms with E-state index in [4.69, 9.17) is 9.47 Å². The first-order chi connectivity index (χ1) is 12.1. The summed E-state index contributed by atoms with van der Waals surface area (Å²) in [6, 6.07) is 10.6. The van der Waals surface area contributed by atoms with Crippen LogP contribution in [0.15, 0.2) is 42.6 Å². The van der Waals surface area contributed by atoms with Crippen molar-refractivity contribution in [2.45, 2.75) is 6.42 Å². The molecular formula is C18H19N3O4. The van der Waals surface area contributed by atoms with Gasteiger partial charge in [-0.25, -0.2) is 4.98 Å². The number of benzene rings is 1. The number of carbonyl (C=O) groups excluding carboxylic acids is 2. The maximum Gasteiger partial charge on any atom is 0.237 e. The van der Waals surface area contributed by atoms with Gasteiger partial charge in [-0.3, -0.25) is 9.59 Å². The van der Waals surface area contributed by atoms with Crippen LogP contribution in [-0.2, 0) is 9.59 Å². The number of methoxy groups -OCH3 is 2. The van der Waals surface area contributed by atoms with E-state index < -0.39 is 5.92 Å². The molecule has 0 spiro atoms. The molecule has 1 aliphatic heterocycles. The van der Waals surface area contributed by atoms with Gasteiger partial charge in [-0.15, -0.1) is 0 Å². The van der Waals surface area contributed by atoms with Crippen molar-refractivity contribution in [3.63, 3.8) is 0 Å². The molecule has 1 N–H and O–H groups in total. The third kappa shape index (κ3) is 3.55. The van der Waals surface area contributed by atoms with Gasteiger partial charge in [-0.2, -0.15) is 0 Å². The van der Waals surface area contributed by atoms with E-state index in [1.807, 2.05) is 0 Å². The van der Waals surface area contributed by atoms with Gasteiger partial charge in [0.25, 0.3) is 0 Å². The number of carbonyl (C=O) groups is 2. The molecule has 2 amide bonds. The molecule has 1 saturated heterocycles. The predicted molar refractivity (Wildman–Crippen MR) is 92.9 cm³/mol. The lowest BCUT2D eigenvalue weighted by atomic mass is 10.1. The average Bonchev–Trinajstić information content (AvgIpc) is 3.04. The second-order valence-corrected chi connectivity index (χ2v) is 5.65. The number of nitrogens with one attached hydrogen (secondary N) is 1. The molecule has 0 bridgehead atoms. The largest absolute Gasteiger partial charge is 0.497 e. The van der Waals surface area contributed by atoms with Gasteiger partial charge in [0.1, 0.15) is 11.4 Å². The summed E-state index contributed by atoms with van der Waals surface area (Å²) in [7, 11) is 3.07. The smallest absolute Gasteiger partial charge is 0.237 e. The molecule has 0 radical (unpaired) electrons. The Bertz CT molecular complexity index is 776. The quantitative estimate of drug-likeness (QED) is 0.901. The van der Waals surface area contributed by atoms with Gasteiger partial charge in [0.15, 0.2) is 0 Å². The summed E-state index contributed by atoms with van der Waals surface area (Å²) in [5.74, 6) is 0.319. The lowest BCUT2D eigenvalue weighted by Gasteiger charge is -2.17. The van der Waals surface area contributed by atoms with E-state index in [0.29, 0.717) is 23.9 Å². The van der Waals surface area contributed by atoms with Crippen molar-refractivity contribution < 1.29 is 19.1 Å². The number of nitrogens with zero attached hydrogens (tertiary/aromatic N) is 2. The van der Waals surface area contributed by atoms with Crippen LogP contribution in [-0.4, -0.2) is 37.6 Å². The van der Waals surface area contributed by atoms with Gasteiger partial charge in [0.2, 0.25) is 17.7 Å². The van der Waals surface area contributed by atoms with Crippen molar-refractivity contribution in [1.29, 1.82) is 0 Å². The van der Waals surface area contributed by atoms with Crippen molar-refractivity contribution in [2.75, 3.05) is 31.0 Å². The van der Waals surface area contributed by atoms with Crippen LogP contribution in [0, 0.1) is 5.92 Å². The van der Waals surface area contributed by atoms with Crippen molar-refractivity contribution in [3.05, 3.63) is 42.6 Å². The molecule has 2 heterocycles. The van der Waals surface area contributed by atoms with Crippen LogP contribution in [0.5, 0.6) is 11.6 Å². The van der Waals surface area contributed by atoms with Crippen LogP contribution in [0.1, 0.15) is 6.42 Å². The number of hydrogen-bond donors (Lipinski definition) is 1. The summed E-state index contributed by atoms with van der Waals surface area (Å²) in [5.41, 5.74) is 1.24. The summed E-state index contributed by atoms with van der Waals surface area (Å²) >= 11 is 0. The molecule has 7 heteroatoms. The lowest BCUT2D eigenvalue weighted by Crippen LogP contribution is -2.28. The lowest BCUT2D eigenvalue weighted by molar-refractivity contribution is -0.122. The third-order valence-corrected chi connectivity index (χ3v) is 4.10. The zero-order chi connectivity index (χ0) is 17.8. The van der Waals surface area contributed by atoms with E-state index in [1.54, 1.807) is 54.6 Å². The van der Waals surface area contributed by atoms with Crippen LogP contribution < -0.4 is 19.7 Å². The van der Waals surface area contributed by atoms with E-state index in [1.165, 1.54) is 7.11 Å². The Balaban J connectivity index is 1.70. The molecule has 0 aliphatic carbocycles. The normalized spacial score (nSPS) is 16.6. The molecule has 1 fully saturated rings. The molecule has 1 unspecified atom stereocenters. The van der Waals surface area contributed by atoms with E-state index in [0.717, 1.165) is 5.69 Å². The highest BCUT2D eigenvalue weighted by atomic mass is 16.5. The maximum atomic E-state index is 12.5. The van der Waals surface area contributed by atoms with Gasteiger partial charge in [-0.1, -0.05) is 0 Å². The van der Waals surface area contributed by atoms with Crippen molar-refractivity contribution in [1.82, 2.24) is 4.98 Å². The van der Waals surface area contributed by atoms with E-state index >= 15 is 0 Å². The standard InChI is InChI=1S/C18H19N3O4/c1-24-14-7-5-13(6-8-14)21-11-12(10-16(21)22)17(23)20-15-4-3-9-19-18(15)25-2/h3-9,12H,10-11H2,1-2H3,(H,20,23). The molecule has 130 valence electrons.